The lowest BCUT2D eigenvalue weighted by Gasteiger charge is -2.13. The number of carbonyl (C=O) groups excluding carboxylic acids is 1. The number of anilines is 2. The second kappa shape index (κ2) is 9.53. The maximum Gasteiger partial charge on any atom is 0.262 e. The van der Waals surface area contributed by atoms with Crippen LogP contribution in [0.1, 0.15) is 25.1 Å². The van der Waals surface area contributed by atoms with Gasteiger partial charge in [-0.3, -0.25) is 9.52 Å². The molecule has 0 aliphatic heterocycles. The number of carbonyl (C=O) groups is 1. The second-order valence-corrected chi connectivity index (χ2v) is 10.7. The Morgan fingerprint density at radius 1 is 1.22 bits per heavy atom. The standard InChI is InChI=1S/C21H24ClN5O3S2/c1-11(2)17(23)20(28)26-21-25-13(4)18(31-21)14-9-16(19(22)24-10-14)27-32(29,30)15-7-5-6-12(3)8-15/h5-11,17,27H,23H2,1-4H3,(H,25,26,28)/t17-/m0/s1. The van der Waals surface area contributed by atoms with Crippen molar-refractivity contribution in [1.82, 2.24) is 9.97 Å². The van der Waals surface area contributed by atoms with Crippen molar-refractivity contribution in [2.75, 3.05) is 10.0 Å². The number of sulfonamides is 1. The molecule has 0 bridgehead atoms. The molecule has 170 valence electrons. The van der Waals surface area contributed by atoms with E-state index in [1.807, 2.05) is 26.8 Å². The van der Waals surface area contributed by atoms with Gasteiger partial charge in [-0.15, -0.1) is 0 Å². The minimum absolute atomic E-state index is 0.0139. The number of amides is 1. The van der Waals surface area contributed by atoms with Gasteiger partial charge in [0.25, 0.3) is 10.0 Å². The highest BCUT2D eigenvalue weighted by molar-refractivity contribution is 7.92. The molecule has 2 heterocycles. The zero-order valence-corrected chi connectivity index (χ0v) is 20.4. The van der Waals surface area contributed by atoms with Crippen LogP contribution in [0.5, 0.6) is 0 Å². The average molecular weight is 494 g/mol. The Kier molecular flexibility index (Phi) is 7.19. The van der Waals surface area contributed by atoms with Gasteiger partial charge in [0.15, 0.2) is 10.3 Å². The number of benzene rings is 1. The molecule has 11 heteroatoms. The summed E-state index contributed by atoms with van der Waals surface area (Å²) in [5.74, 6) is -0.332. The zero-order chi connectivity index (χ0) is 23.6. The number of hydrogen-bond donors (Lipinski definition) is 3. The number of halogens is 1. The Balaban J connectivity index is 1.89. The van der Waals surface area contributed by atoms with Gasteiger partial charge in [0.2, 0.25) is 5.91 Å². The van der Waals surface area contributed by atoms with Crippen LogP contribution < -0.4 is 15.8 Å². The molecule has 0 saturated carbocycles. The predicted octanol–water partition coefficient (Wildman–Crippen LogP) is 4.20. The normalized spacial score (nSPS) is 12.6. The van der Waals surface area contributed by atoms with Gasteiger partial charge < -0.3 is 11.1 Å². The van der Waals surface area contributed by atoms with Gasteiger partial charge in [-0.2, -0.15) is 0 Å². The van der Waals surface area contributed by atoms with E-state index in [9.17, 15) is 13.2 Å². The molecular weight excluding hydrogens is 470 g/mol. The predicted molar refractivity (Wildman–Crippen MR) is 129 cm³/mol. The maximum absolute atomic E-state index is 12.8. The number of nitrogens with zero attached hydrogens (tertiary/aromatic N) is 2. The third-order valence-corrected chi connectivity index (χ3v) is 7.48. The lowest BCUT2D eigenvalue weighted by molar-refractivity contribution is -0.118. The molecule has 0 unspecified atom stereocenters. The van der Waals surface area contributed by atoms with E-state index in [2.05, 4.69) is 20.0 Å². The second-order valence-electron chi connectivity index (χ2n) is 7.68. The summed E-state index contributed by atoms with van der Waals surface area (Å²) in [6, 6.07) is 7.49. The van der Waals surface area contributed by atoms with Crippen molar-refractivity contribution in [3.05, 3.63) is 52.9 Å². The molecular formula is C21H24ClN5O3S2. The van der Waals surface area contributed by atoms with Crippen LogP contribution in [-0.4, -0.2) is 30.3 Å². The molecule has 32 heavy (non-hydrogen) atoms. The van der Waals surface area contributed by atoms with E-state index in [0.717, 1.165) is 10.4 Å². The fourth-order valence-corrected chi connectivity index (χ4v) is 5.16. The highest BCUT2D eigenvalue weighted by Crippen LogP contribution is 2.35. The smallest absolute Gasteiger partial charge is 0.262 e. The van der Waals surface area contributed by atoms with E-state index in [1.165, 1.54) is 23.6 Å². The number of aryl methyl sites for hydroxylation is 2. The maximum atomic E-state index is 12.8. The quantitative estimate of drug-likeness (QED) is 0.423. The van der Waals surface area contributed by atoms with Crippen molar-refractivity contribution < 1.29 is 13.2 Å². The molecule has 0 saturated heterocycles. The number of rotatable bonds is 7. The van der Waals surface area contributed by atoms with Crippen molar-refractivity contribution in [3.63, 3.8) is 0 Å². The van der Waals surface area contributed by atoms with Crippen LogP contribution in [0.15, 0.2) is 41.4 Å². The van der Waals surface area contributed by atoms with Gasteiger partial charge in [0.1, 0.15) is 0 Å². The first-order valence-electron chi connectivity index (χ1n) is 9.77. The van der Waals surface area contributed by atoms with Crippen LogP contribution in [0.2, 0.25) is 5.15 Å². The molecule has 1 atom stereocenters. The van der Waals surface area contributed by atoms with Crippen LogP contribution in [0.4, 0.5) is 10.8 Å². The number of hydrogen-bond acceptors (Lipinski definition) is 7. The summed E-state index contributed by atoms with van der Waals surface area (Å²) in [4.78, 5) is 21.6. The van der Waals surface area contributed by atoms with E-state index >= 15 is 0 Å². The van der Waals surface area contributed by atoms with Gasteiger partial charge in [-0.25, -0.2) is 18.4 Å². The Bertz CT molecular complexity index is 1260. The molecule has 4 N–H and O–H groups in total. The molecule has 0 aliphatic rings. The Labute approximate surface area is 196 Å². The number of nitrogens with one attached hydrogen (secondary N) is 2. The Morgan fingerprint density at radius 2 is 1.94 bits per heavy atom. The first-order valence-corrected chi connectivity index (χ1v) is 12.4. The highest BCUT2D eigenvalue weighted by Gasteiger charge is 2.21. The molecule has 8 nitrogen and oxygen atoms in total. The third-order valence-electron chi connectivity index (χ3n) is 4.69. The lowest BCUT2D eigenvalue weighted by atomic mass is 10.1. The van der Waals surface area contributed by atoms with Gasteiger partial charge >= 0.3 is 0 Å². The molecule has 1 aromatic carbocycles. The summed E-state index contributed by atoms with van der Waals surface area (Å²) < 4.78 is 28.1. The largest absolute Gasteiger partial charge is 0.320 e. The molecule has 0 fully saturated rings. The van der Waals surface area contributed by atoms with E-state index in [1.54, 1.807) is 25.1 Å². The molecule has 0 spiro atoms. The summed E-state index contributed by atoms with van der Waals surface area (Å²) in [7, 11) is -3.85. The van der Waals surface area contributed by atoms with Gasteiger partial charge in [-0.05, 0) is 43.5 Å². The molecule has 0 aliphatic carbocycles. The zero-order valence-electron chi connectivity index (χ0n) is 18.0. The summed E-state index contributed by atoms with van der Waals surface area (Å²) in [5.41, 5.74) is 8.12. The van der Waals surface area contributed by atoms with Gasteiger partial charge in [0.05, 0.1) is 27.2 Å². The summed E-state index contributed by atoms with van der Waals surface area (Å²) >= 11 is 7.41. The lowest BCUT2D eigenvalue weighted by Crippen LogP contribution is -2.39. The van der Waals surface area contributed by atoms with Crippen molar-refractivity contribution in [1.29, 1.82) is 0 Å². The van der Waals surface area contributed by atoms with Crippen LogP contribution >= 0.6 is 22.9 Å². The van der Waals surface area contributed by atoms with Crippen LogP contribution in [0.25, 0.3) is 10.4 Å². The van der Waals surface area contributed by atoms with E-state index < -0.39 is 16.1 Å². The minimum atomic E-state index is -3.85. The van der Waals surface area contributed by atoms with Crippen LogP contribution in [-0.2, 0) is 14.8 Å². The minimum Gasteiger partial charge on any atom is -0.320 e. The Hall–Kier alpha value is -2.53. The van der Waals surface area contributed by atoms with E-state index in [-0.39, 0.29) is 27.6 Å². The van der Waals surface area contributed by atoms with E-state index in [0.29, 0.717) is 16.4 Å². The number of nitrogens with two attached hydrogens (primary N) is 1. The topological polar surface area (TPSA) is 127 Å². The average Bonchev–Trinajstić information content (AvgIpc) is 3.08. The third kappa shape index (κ3) is 5.44. The number of aromatic nitrogens is 2. The summed E-state index contributed by atoms with van der Waals surface area (Å²) in [5, 5.41) is 3.15. The molecule has 0 radical (unpaired) electrons. The van der Waals surface area contributed by atoms with Gasteiger partial charge in [-0.1, -0.05) is 48.9 Å². The monoisotopic (exact) mass is 493 g/mol. The molecule has 3 aromatic rings. The van der Waals surface area contributed by atoms with Crippen LogP contribution in [0.3, 0.4) is 0 Å². The van der Waals surface area contributed by atoms with Crippen molar-refractivity contribution in [2.45, 2.75) is 38.6 Å². The molecule has 2 aromatic heterocycles. The highest BCUT2D eigenvalue weighted by atomic mass is 35.5. The number of thiazole rings is 1. The summed E-state index contributed by atoms with van der Waals surface area (Å²) in [6.07, 6.45) is 1.53. The molecule has 3 rings (SSSR count). The van der Waals surface area contributed by atoms with Crippen molar-refractivity contribution >= 4 is 49.7 Å². The Morgan fingerprint density at radius 3 is 2.59 bits per heavy atom. The van der Waals surface area contributed by atoms with E-state index in [4.69, 9.17) is 17.3 Å². The van der Waals surface area contributed by atoms with Crippen molar-refractivity contribution in [2.24, 2.45) is 11.7 Å². The molecule has 1 amide bonds. The van der Waals surface area contributed by atoms with Crippen molar-refractivity contribution in [3.8, 4) is 10.4 Å². The first-order chi connectivity index (χ1) is 15.0. The first kappa shape index (κ1) is 24.1. The van der Waals surface area contributed by atoms with Crippen LogP contribution in [0, 0.1) is 19.8 Å². The number of pyridine rings is 1. The SMILES string of the molecule is Cc1cccc(S(=O)(=O)Nc2cc(-c3sc(NC(=O)[C@@H](N)C(C)C)nc3C)cnc2Cl)c1. The fourth-order valence-electron chi connectivity index (χ4n) is 2.84. The fraction of sp³-hybridized carbons (Fsp3) is 0.286. The van der Waals surface area contributed by atoms with Gasteiger partial charge in [0, 0.05) is 11.8 Å². The summed E-state index contributed by atoms with van der Waals surface area (Å²) in [6.45, 7) is 7.32.